The number of sulfonamides is 1. The summed E-state index contributed by atoms with van der Waals surface area (Å²) in [5.74, 6) is -0.287. The van der Waals surface area contributed by atoms with Crippen molar-refractivity contribution in [2.24, 2.45) is 5.73 Å². The Bertz CT molecular complexity index is 314. The number of amidine groups is 1. The average Bonchev–Trinajstić information content (AvgIpc) is 2.12. The number of rotatable bonds is 8. The zero-order valence-electron chi connectivity index (χ0n) is 9.99. The maximum atomic E-state index is 11.5. The summed E-state index contributed by atoms with van der Waals surface area (Å²) in [4.78, 5) is 0. The van der Waals surface area contributed by atoms with E-state index in [0.717, 1.165) is 0 Å². The van der Waals surface area contributed by atoms with Gasteiger partial charge < -0.3 is 10.5 Å². The third-order valence-electron chi connectivity index (χ3n) is 1.91. The zero-order chi connectivity index (χ0) is 12.8. The molecule has 7 heteroatoms. The lowest BCUT2D eigenvalue weighted by atomic mass is 10.2. The third kappa shape index (κ3) is 6.76. The minimum atomic E-state index is -3.43. The summed E-state index contributed by atoms with van der Waals surface area (Å²) >= 11 is 0. The van der Waals surface area contributed by atoms with Crippen LogP contribution in [0, 0.1) is 5.41 Å². The fraction of sp³-hybridized carbons (Fsp3) is 0.889. The summed E-state index contributed by atoms with van der Waals surface area (Å²) in [6, 6.07) is -0.621. The second-order valence-corrected chi connectivity index (χ2v) is 5.65. The van der Waals surface area contributed by atoms with Crippen LogP contribution in [-0.4, -0.2) is 38.8 Å². The van der Waals surface area contributed by atoms with E-state index in [2.05, 4.69) is 4.72 Å². The lowest BCUT2D eigenvalue weighted by Crippen LogP contribution is -2.44. The van der Waals surface area contributed by atoms with Crippen molar-refractivity contribution >= 4 is 15.9 Å². The van der Waals surface area contributed by atoms with Gasteiger partial charge in [0.2, 0.25) is 10.0 Å². The highest BCUT2D eigenvalue weighted by Gasteiger charge is 2.18. The molecular formula is C9H21N3O3S. The first-order chi connectivity index (χ1) is 7.28. The highest BCUT2D eigenvalue weighted by atomic mass is 32.2. The predicted octanol–water partition coefficient (Wildman–Crippen LogP) is 0.0454. The van der Waals surface area contributed by atoms with Gasteiger partial charge in [-0.05, 0) is 20.3 Å². The van der Waals surface area contributed by atoms with E-state index in [1.807, 2.05) is 13.8 Å². The van der Waals surface area contributed by atoms with E-state index in [9.17, 15) is 8.42 Å². The second kappa shape index (κ2) is 6.82. The standard InChI is InChI=1S/C9H21N3O3S/c1-4-8(9(10)11)12-16(13,14)6-5-15-7(2)3/h7-8,12H,4-6H2,1-3H3,(H3,10,11). The molecule has 1 atom stereocenters. The molecule has 0 heterocycles. The molecule has 0 bridgehead atoms. The minimum Gasteiger partial charge on any atom is -0.386 e. The van der Waals surface area contributed by atoms with Gasteiger partial charge in [-0.25, -0.2) is 13.1 Å². The van der Waals surface area contributed by atoms with Crippen LogP contribution in [0.15, 0.2) is 0 Å². The molecule has 0 amide bonds. The maximum absolute atomic E-state index is 11.5. The molecule has 0 spiro atoms. The number of ether oxygens (including phenoxy) is 1. The van der Waals surface area contributed by atoms with E-state index in [1.165, 1.54) is 0 Å². The summed E-state index contributed by atoms with van der Waals surface area (Å²) in [7, 11) is -3.43. The van der Waals surface area contributed by atoms with Gasteiger partial charge in [0, 0.05) is 0 Å². The van der Waals surface area contributed by atoms with Crippen LogP contribution in [0.4, 0.5) is 0 Å². The van der Waals surface area contributed by atoms with Crippen LogP contribution in [-0.2, 0) is 14.8 Å². The SMILES string of the molecule is CCC(NS(=O)(=O)CCOC(C)C)C(=N)N. The molecule has 0 saturated heterocycles. The van der Waals surface area contributed by atoms with E-state index in [0.29, 0.717) is 6.42 Å². The van der Waals surface area contributed by atoms with E-state index < -0.39 is 16.1 Å². The molecule has 0 saturated carbocycles. The first kappa shape index (κ1) is 15.3. The summed E-state index contributed by atoms with van der Waals surface area (Å²) in [6.07, 6.45) is 0.463. The van der Waals surface area contributed by atoms with Crippen molar-refractivity contribution in [3.05, 3.63) is 0 Å². The number of nitrogens with two attached hydrogens (primary N) is 1. The lowest BCUT2D eigenvalue weighted by Gasteiger charge is -2.15. The smallest absolute Gasteiger partial charge is 0.214 e. The Morgan fingerprint density at radius 3 is 2.44 bits per heavy atom. The number of hydrogen-bond donors (Lipinski definition) is 3. The van der Waals surface area contributed by atoms with E-state index in [4.69, 9.17) is 15.9 Å². The summed E-state index contributed by atoms with van der Waals surface area (Å²) in [6.45, 7) is 5.58. The van der Waals surface area contributed by atoms with Gasteiger partial charge in [-0.15, -0.1) is 0 Å². The van der Waals surface area contributed by atoms with Crippen LogP contribution >= 0.6 is 0 Å². The molecule has 0 fully saturated rings. The Hall–Kier alpha value is -0.660. The largest absolute Gasteiger partial charge is 0.386 e. The van der Waals surface area contributed by atoms with Crippen molar-refractivity contribution in [3.63, 3.8) is 0 Å². The third-order valence-corrected chi connectivity index (χ3v) is 3.26. The van der Waals surface area contributed by atoms with Crippen LogP contribution in [0.3, 0.4) is 0 Å². The molecule has 4 N–H and O–H groups in total. The number of nitrogens with one attached hydrogen (secondary N) is 2. The van der Waals surface area contributed by atoms with Crippen molar-refractivity contribution < 1.29 is 13.2 Å². The molecular weight excluding hydrogens is 230 g/mol. The van der Waals surface area contributed by atoms with Crippen LogP contribution in [0.5, 0.6) is 0 Å². The Kier molecular flexibility index (Phi) is 6.54. The van der Waals surface area contributed by atoms with Crippen molar-refractivity contribution in [1.29, 1.82) is 5.41 Å². The molecule has 0 aliphatic carbocycles. The molecule has 0 aromatic rings. The van der Waals surface area contributed by atoms with Crippen LogP contribution in [0.25, 0.3) is 0 Å². The predicted molar refractivity (Wildman–Crippen MR) is 64.0 cm³/mol. The maximum Gasteiger partial charge on any atom is 0.214 e. The van der Waals surface area contributed by atoms with E-state index in [1.54, 1.807) is 6.92 Å². The highest BCUT2D eigenvalue weighted by Crippen LogP contribution is 1.96. The van der Waals surface area contributed by atoms with Crippen molar-refractivity contribution in [2.75, 3.05) is 12.4 Å². The van der Waals surface area contributed by atoms with Gasteiger partial charge in [-0.2, -0.15) is 0 Å². The second-order valence-electron chi connectivity index (χ2n) is 3.77. The summed E-state index contributed by atoms with van der Waals surface area (Å²) in [5, 5.41) is 7.20. The van der Waals surface area contributed by atoms with E-state index in [-0.39, 0.29) is 24.3 Å². The average molecular weight is 251 g/mol. The van der Waals surface area contributed by atoms with Gasteiger partial charge in [0.05, 0.1) is 24.5 Å². The highest BCUT2D eigenvalue weighted by molar-refractivity contribution is 7.89. The van der Waals surface area contributed by atoms with Crippen LogP contribution < -0.4 is 10.5 Å². The monoisotopic (exact) mass is 251 g/mol. The summed E-state index contributed by atoms with van der Waals surface area (Å²) in [5.41, 5.74) is 5.26. The van der Waals surface area contributed by atoms with Gasteiger partial charge >= 0.3 is 0 Å². The molecule has 0 radical (unpaired) electrons. The Balaban J connectivity index is 4.18. The fourth-order valence-corrected chi connectivity index (χ4v) is 2.20. The first-order valence-corrected chi connectivity index (χ1v) is 6.89. The molecule has 16 heavy (non-hydrogen) atoms. The molecule has 96 valence electrons. The lowest BCUT2D eigenvalue weighted by molar-refractivity contribution is 0.0911. The minimum absolute atomic E-state index is 0.00461. The number of hydrogen-bond acceptors (Lipinski definition) is 4. The van der Waals surface area contributed by atoms with Crippen molar-refractivity contribution in [1.82, 2.24) is 4.72 Å². The first-order valence-electron chi connectivity index (χ1n) is 5.24. The Morgan fingerprint density at radius 1 is 1.50 bits per heavy atom. The van der Waals surface area contributed by atoms with Gasteiger partial charge in [0.25, 0.3) is 0 Å². The normalized spacial score (nSPS) is 14.0. The Labute approximate surface area is 97.1 Å². The van der Waals surface area contributed by atoms with E-state index >= 15 is 0 Å². The van der Waals surface area contributed by atoms with Crippen LogP contribution in [0.1, 0.15) is 27.2 Å². The molecule has 0 aliphatic rings. The molecule has 1 unspecified atom stereocenters. The Morgan fingerprint density at radius 2 is 2.06 bits per heavy atom. The van der Waals surface area contributed by atoms with Gasteiger partial charge in [0.15, 0.2) is 0 Å². The fourth-order valence-electron chi connectivity index (χ4n) is 1.04. The summed E-state index contributed by atoms with van der Waals surface area (Å²) < 4.78 is 30.6. The molecule has 0 aromatic carbocycles. The van der Waals surface area contributed by atoms with Gasteiger partial charge in [-0.1, -0.05) is 6.92 Å². The molecule has 0 rings (SSSR count). The molecule has 6 nitrogen and oxygen atoms in total. The zero-order valence-corrected chi connectivity index (χ0v) is 10.8. The van der Waals surface area contributed by atoms with Crippen molar-refractivity contribution in [3.8, 4) is 0 Å². The van der Waals surface area contributed by atoms with Crippen molar-refractivity contribution in [2.45, 2.75) is 39.3 Å². The van der Waals surface area contributed by atoms with Gasteiger partial charge in [-0.3, -0.25) is 5.41 Å². The molecule has 0 aromatic heterocycles. The quantitative estimate of drug-likeness (QED) is 0.418. The molecule has 0 aliphatic heterocycles. The van der Waals surface area contributed by atoms with Gasteiger partial charge in [0.1, 0.15) is 5.84 Å². The van der Waals surface area contributed by atoms with Crippen LogP contribution in [0.2, 0.25) is 0 Å². The topological polar surface area (TPSA) is 105 Å².